The Hall–Kier alpha value is -0.630. The van der Waals surface area contributed by atoms with Crippen molar-refractivity contribution < 1.29 is 4.74 Å². The average molecular weight is 266 g/mol. The van der Waals surface area contributed by atoms with Crippen molar-refractivity contribution in [3.63, 3.8) is 0 Å². The van der Waals surface area contributed by atoms with Crippen LogP contribution in [0.2, 0.25) is 0 Å². The second-order valence-corrected chi connectivity index (χ2v) is 5.74. The molecule has 0 aliphatic carbocycles. The van der Waals surface area contributed by atoms with Crippen LogP contribution in [-0.4, -0.2) is 12.9 Å². The number of benzene rings is 1. The van der Waals surface area contributed by atoms with Crippen LogP contribution in [0.3, 0.4) is 0 Å². The van der Waals surface area contributed by atoms with Crippen molar-refractivity contribution in [3.8, 4) is 5.75 Å². The van der Waals surface area contributed by atoms with E-state index in [1.807, 2.05) is 23.9 Å². The SMILES string of the molecule is CCCCCCCCSCc1ccccc1OC. The fourth-order valence-electron chi connectivity index (χ4n) is 1.99. The molecule has 0 aliphatic rings. The van der Waals surface area contributed by atoms with E-state index in [4.69, 9.17) is 4.74 Å². The number of rotatable bonds is 10. The first-order valence-corrected chi connectivity index (χ1v) is 8.23. The third kappa shape index (κ3) is 6.34. The van der Waals surface area contributed by atoms with Gasteiger partial charge in [-0.3, -0.25) is 0 Å². The number of para-hydroxylation sites is 1. The zero-order valence-corrected chi connectivity index (χ0v) is 12.6. The highest BCUT2D eigenvalue weighted by Gasteiger charge is 2.01. The maximum atomic E-state index is 5.35. The standard InChI is InChI=1S/C16H26OS/c1-3-4-5-6-7-10-13-18-14-15-11-8-9-12-16(15)17-2/h8-9,11-12H,3-7,10,13-14H2,1-2H3. The first-order chi connectivity index (χ1) is 8.88. The topological polar surface area (TPSA) is 9.23 Å². The first-order valence-electron chi connectivity index (χ1n) is 7.08. The number of methoxy groups -OCH3 is 1. The summed E-state index contributed by atoms with van der Waals surface area (Å²) < 4.78 is 5.35. The van der Waals surface area contributed by atoms with Crippen molar-refractivity contribution in [1.29, 1.82) is 0 Å². The number of hydrogen-bond acceptors (Lipinski definition) is 2. The molecule has 0 N–H and O–H groups in total. The quantitative estimate of drug-likeness (QED) is 0.532. The monoisotopic (exact) mass is 266 g/mol. The molecule has 1 aromatic carbocycles. The summed E-state index contributed by atoms with van der Waals surface area (Å²) in [5, 5.41) is 0. The molecule has 0 unspecified atom stereocenters. The number of ether oxygens (including phenoxy) is 1. The second-order valence-electron chi connectivity index (χ2n) is 4.63. The van der Waals surface area contributed by atoms with E-state index < -0.39 is 0 Å². The van der Waals surface area contributed by atoms with E-state index in [1.54, 1.807) is 7.11 Å². The minimum Gasteiger partial charge on any atom is -0.496 e. The van der Waals surface area contributed by atoms with Gasteiger partial charge in [-0.05, 0) is 18.2 Å². The highest BCUT2D eigenvalue weighted by Crippen LogP contribution is 2.23. The molecular formula is C16H26OS. The lowest BCUT2D eigenvalue weighted by atomic mass is 10.1. The molecule has 0 aliphatic heterocycles. The highest BCUT2D eigenvalue weighted by atomic mass is 32.2. The van der Waals surface area contributed by atoms with Gasteiger partial charge in [0.25, 0.3) is 0 Å². The van der Waals surface area contributed by atoms with Gasteiger partial charge in [0.1, 0.15) is 5.75 Å². The summed E-state index contributed by atoms with van der Waals surface area (Å²) >= 11 is 2.02. The molecule has 0 bridgehead atoms. The molecule has 102 valence electrons. The molecule has 1 rings (SSSR count). The lowest BCUT2D eigenvalue weighted by Gasteiger charge is -2.07. The van der Waals surface area contributed by atoms with Crippen molar-refractivity contribution in [3.05, 3.63) is 29.8 Å². The smallest absolute Gasteiger partial charge is 0.122 e. The van der Waals surface area contributed by atoms with Gasteiger partial charge in [-0.25, -0.2) is 0 Å². The van der Waals surface area contributed by atoms with Gasteiger partial charge in [-0.1, -0.05) is 57.2 Å². The molecule has 1 aromatic rings. The Labute approximate surface area is 116 Å². The van der Waals surface area contributed by atoms with Crippen LogP contribution in [0.4, 0.5) is 0 Å². The van der Waals surface area contributed by atoms with Crippen molar-refractivity contribution in [2.24, 2.45) is 0 Å². The fourth-order valence-corrected chi connectivity index (χ4v) is 3.00. The molecule has 0 heterocycles. The zero-order chi connectivity index (χ0) is 13.1. The van der Waals surface area contributed by atoms with Gasteiger partial charge in [-0.2, -0.15) is 11.8 Å². The Morgan fingerprint density at radius 3 is 2.50 bits per heavy atom. The van der Waals surface area contributed by atoms with Gasteiger partial charge >= 0.3 is 0 Å². The van der Waals surface area contributed by atoms with Crippen molar-refractivity contribution in [2.75, 3.05) is 12.9 Å². The van der Waals surface area contributed by atoms with E-state index in [1.165, 1.54) is 49.8 Å². The van der Waals surface area contributed by atoms with Crippen LogP contribution in [0.25, 0.3) is 0 Å². The van der Waals surface area contributed by atoms with E-state index in [2.05, 4.69) is 19.1 Å². The predicted molar refractivity (Wildman–Crippen MR) is 82.5 cm³/mol. The lowest BCUT2D eigenvalue weighted by molar-refractivity contribution is 0.411. The Balaban J connectivity index is 2.07. The van der Waals surface area contributed by atoms with Crippen LogP contribution in [0.1, 0.15) is 51.0 Å². The van der Waals surface area contributed by atoms with Gasteiger partial charge in [0, 0.05) is 11.3 Å². The largest absolute Gasteiger partial charge is 0.496 e. The summed E-state index contributed by atoms with van der Waals surface area (Å²) in [5.74, 6) is 3.36. The predicted octanol–water partition coefficient (Wildman–Crippen LogP) is 5.29. The molecule has 0 fully saturated rings. The number of thioether (sulfide) groups is 1. The molecule has 18 heavy (non-hydrogen) atoms. The average Bonchev–Trinajstić information content (AvgIpc) is 2.42. The van der Waals surface area contributed by atoms with Gasteiger partial charge in [-0.15, -0.1) is 0 Å². The van der Waals surface area contributed by atoms with E-state index in [9.17, 15) is 0 Å². The minimum absolute atomic E-state index is 1.02. The molecule has 0 saturated heterocycles. The van der Waals surface area contributed by atoms with Gasteiger partial charge in [0.05, 0.1) is 7.11 Å². The summed E-state index contributed by atoms with van der Waals surface area (Å²) in [6.07, 6.45) is 8.29. The molecule has 2 heteroatoms. The van der Waals surface area contributed by atoms with Crippen LogP contribution in [0, 0.1) is 0 Å². The third-order valence-electron chi connectivity index (χ3n) is 3.09. The molecule has 0 amide bonds. The fraction of sp³-hybridized carbons (Fsp3) is 0.625. The molecule has 0 spiro atoms. The maximum Gasteiger partial charge on any atom is 0.122 e. The zero-order valence-electron chi connectivity index (χ0n) is 11.8. The van der Waals surface area contributed by atoms with E-state index in [0.29, 0.717) is 0 Å². The van der Waals surface area contributed by atoms with Crippen LogP contribution in [0.5, 0.6) is 5.75 Å². The molecule has 1 nitrogen and oxygen atoms in total. The Morgan fingerprint density at radius 1 is 1.00 bits per heavy atom. The number of unbranched alkanes of at least 4 members (excludes halogenated alkanes) is 5. The third-order valence-corrected chi connectivity index (χ3v) is 4.18. The molecule has 0 aromatic heterocycles. The Kier molecular flexibility index (Phi) is 8.83. The molecule has 0 atom stereocenters. The van der Waals surface area contributed by atoms with E-state index >= 15 is 0 Å². The van der Waals surface area contributed by atoms with Gasteiger partial charge in [0.15, 0.2) is 0 Å². The summed E-state index contributed by atoms with van der Waals surface area (Å²) in [6.45, 7) is 2.27. The van der Waals surface area contributed by atoms with Crippen LogP contribution >= 0.6 is 11.8 Å². The van der Waals surface area contributed by atoms with Crippen molar-refractivity contribution in [2.45, 2.75) is 51.2 Å². The highest BCUT2D eigenvalue weighted by molar-refractivity contribution is 7.98. The number of hydrogen-bond donors (Lipinski definition) is 0. The summed E-state index contributed by atoms with van der Waals surface area (Å²) in [6, 6.07) is 8.32. The summed E-state index contributed by atoms with van der Waals surface area (Å²) in [4.78, 5) is 0. The summed E-state index contributed by atoms with van der Waals surface area (Å²) in [7, 11) is 1.75. The van der Waals surface area contributed by atoms with Crippen molar-refractivity contribution >= 4 is 11.8 Å². The summed E-state index contributed by atoms with van der Waals surface area (Å²) in [5.41, 5.74) is 1.32. The van der Waals surface area contributed by atoms with Gasteiger partial charge < -0.3 is 4.74 Å². The normalized spacial score (nSPS) is 10.6. The molecular weight excluding hydrogens is 240 g/mol. The van der Waals surface area contributed by atoms with E-state index in [0.717, 1.165) is 11.5 Å². The second kappa shape index (κ2) is 10.3. The van der Waals surface area contributed by atoms with Crippen LogP contribution in [-0.2, 0) is 5.75 Å². The Bertz CT molecular complexity index is 312. The molecule has 0 radical (unpaired) electrons. The molecule has 0 saturated carbocycles. The van der Waals surface area contributed by atoms with Crippen LogP contribution in [0.15, 0.2) is 24.3 Å². The minimum atomic E-state index is 1.02. The van der Waals surface area contributed by atoms with Gasteiger partial charge in [0.2, 0.25) is 0 Å². The lowest BCUT2D eigenvalue weighted by Crippen LogP contribution is -1.90. The maximum absolute atomic E-state index is 5.35. The van der Waals surface area contributed by atoms with Crippen LogP contribution < -0.4 is 4.74 Å². The Morgan fingerprint density at radius 2 is 1.72 bits per heavy atom. The van der Waals surface area contributed by atoms with E-state index in [-0.39, 0.29) is 0 Å². The first kappa shape index (κ1) is 15.4. The van der Waals surface area contributed by atoms with Crippen molar-refractivity contribution in [1.82, 2.24) is 0 Å².